The summed E-state index contributed by atoms with van der Waals surface area (Å²) < 4.78 is 5.71. The summed E-state index contributed by atoms with van der Waals surface area (Å²) in [5.41, 5.74) is 9.81. The zero-order valence-corrected chi connectivity index (χ0v) is 13.3. The van der Waals surface area contributed by atoms with Gasteiger partial charge in [-0.2, -0.15) is 0 Å². The first-order valence-electron chi connectivity index (χ1n) is 8.26. The van der Waals surface area contributed by atoms with Crippen LogP contribution in [-0.4, -0.2) is 24.6 Å². The number of rotatable bonds is 2. The molecule has 0 radical (unpaired) electrons. The van der Waals surface area contributed by atoms with E-state index in [0.717, 1.165) is 37.0 Å². The molecule has 1 aromatic carbocycles. The molecule has 4 nitrogen and oxygen atoms in total. The molecule has 2 saturated carbocycles. The van der Waals surface area contributed by atoms with Crippen molar-refractivity contribution in [3.05, 3.63) is 28.8 Å². The van der Waals surface area contributed by atoms with Gasteiger partial charge in [0.25, 0.3) is 0 Å². The standard InChI is InChI=1S/C18H24N2O2/c1-10-3-14-15(9-22-16(14)4-11(10)2)17(21)20-13-7-18(8-13)5-12(19)6-18/h3-4,12-13,15H,5-9,19H2,1-2H3,(H,20,21)/t12?,13?,15-,18?/m1/s1. The number of aryl methyl sites for hydroxylation is 2. The molecule has 1 heterocycles. The highest BCUT2D eigenvalue weighted by molar-refractivity contribution is 5.86. The average Bonchev–Trinajstić information content (AvgIpc) is 2.78. The first-order chi connectivity index (χ1) is 10.5. The molecule has 2 fully saturated rings. The second-order valence-electron chi connectivity index (χ2n) is 7.62. The zero-order valence-electron chi connectivity index (χ0n) is 13.3. The molecule has 3 aliphatic rings. The number of fused-ring (bicyclic) bond motifs is 1. The van der Waals surface area contributed by atoms with Crippen LogP contribution >= 0.6 is 0 Å². The number of nitrogens with two attached hydrogens (primary N) is 1. The van der Waals surface area contributed by atoms with Crippen molar-refractivity contribution >= 4 is 5.91 Å². The van der Waals surface area contributed by atoms with Gasteiger partial charge < -0.3 is 15.8 Å². The van der Waals surface area contributed by atoms with E-state index in [9.17, 15) is 4.79 Å². The van der Waals surface area contributed by atoms with E-state index in [-0.39, 0.29) is 11.8 Å². The maximum Gasteiger partial charge on any atom is 0.231 e. The minimum atomic E-state index is -0.158. The van der Waals surface area contributed by atoms with Gasteiger partial charge in [0.15, 0.2) is 0 Å². The van der Waals surface area contributed by atoms with Crippen LogP contribution in [0.25, 0.3) is 0 Å². The van der Waals surface area contributed by atoms with E-state index in [2.05, 4.69) is 25.2 Å². The number of hydrogen-bond acceptors (Lipinski definition) is 3. The van der Waals surface area contributed by atoms with Crippen LogP contribution in [0.2, 0.25) is 0 Å². The van der Waals surface area contributed by atoms with Crippen molar-refractivity contribution in [2.45, 2.75) is 57.5 Å². The van der Waals surface area contributed by atoms with Gasteiger partial charge in [-0.3, -0.25) is 4.79 Å². The Balaban J connectivity index is 1.40. The third kappa shape index (κ3) is 2.12. The van der Waals surface area contributed by atoms with Crippen LogP contribution < -0.4 is 15.8 Å². The predicted molar refractivity (Wildman–Crippen MR) is 85.0 cm³/mol. The van der Waals surface area contributed by atoms with Gasteiger partial charge in [0.2, 0.25) is 5.91 Å². The molecule has 0 bridgehead atoms. The maximum atomic E-state index is 12.6. The average molecular weight is 300 g/mol. The van der Waals surface area contributed by atoms with Crippen LogP contribution in [0.4, 0.5) is 0 Å². The van der Waals surface area contributed by atoms with E-state index in [0.29, 0.717) is 24.1 Å². The number of carbonyl (C=O) groups is 1. The molecule has 2 aliphatic carbocycles. The van der Waals surface area contributed by atoms with Gasteiger partial charge in [0.1, 0.15) is 18.3 Å². The largest absolute Gasteiger partial charge is 0.492 e. The van der Waals surface area contributed by atoms with E-state index in [4.69, 9.17) is 10.5 Å². The third-order valence-electron chi connectivity index (χ3n) is 5.82. The summed E-state index contributed by atoms with van der Waals surface area (Å²) in [7, 11) is 0. The van der Waals surface area contributed by atoms with Crippen LogP contribution in [0.3, 0.4) is 0 Å². The normalized spacial score (nSPS) is 35.3. The van der Waals surface area contributed by atoms with Gasteiger partial charge in [0.05, 0.1) is 0 Å². The number of nitrogens with one attached hydrogen (secondary N) is 1. The Morgan fingerprint density at radius 3 is 2.59 bits per heavy atom. The fourth-order valence-corrected chi connectivity index (χ4v) is 4.46. The summed E-state index contributed by atoms with van der Waals surface area (Å²) in [6.45, 7) is 4.62. The van der Waals surface area contributed by atoms with E-state index in [1.54, 1.807) is 0 Å². The Morgan fingerprint density at radius 1 is 1.23 bits per heavy atom. The molecule has 118 valence electrons. The monoisotopic (exact) mass is 300 g/mol. The lowest BCUT2D eigenvalue weighted by Gasteiger charge is -2.57. The van der Waals surface area contributed by atoms with Crippen molar-refractivity contribution in [2.24, 2.45) is 11.1 Å². The Hall–Kier alpha value is -1.55. The molecule has 1 aromatic rings. The minimum absolute atomic E-state index is 0.116. The lowest BCUT2D eigenvalue weighted by atomic mass is 9.52. The first-order valence-corrected chi connectivity index (χ1v) is 8.26. The van der Waals surface area contributed by atoms with Gasteiger partial charge in [0, 0.05) is 17.6 Å². The summed E-state index contributed by atoms with van der Waals surface area (Å²) in [6, 6.07) is 4.87. The van der Waals surface area contributed by atoms with Crippen LogP contribution in [0.15, 0.2) is 12.1 Å². The molecule has 22 heavy (non-hydrogen) atoms. The molecule has 3 N–H and O–H groups in total. The quantitative estimate of drug-likeness (QED) is 0.880. The summed E-state index contributed by atoms with van der Waals surface area (Å²) in [4.78, 5) is 12.6. The highest BCUT2D eigenvalue weighted by Crippen LogP contribution is 2.55. The molecule has 1 atom stereocenters. The number of amides is 1. The molecule has 4 heteroatoms. The Labute approximate surface area is 131 Å². The number of ether oxygens (including phenoxy) is 1. The van der Waals surface area contributed by atoms with Gasteiger partial charge in [-0.15, -0.1) is 0 Å². The molecule has 0 aromatic heterocycles. The van der Waals surface area contributed by atoms with Gasteiger partial charge in [-0.25, -0.2) is 0 Å². The lowest BCUT2D eigenvalue weighted by Crippen LogP contribution is -2.60. The van der Waals surface area contributed by atoms with Crippen molar-refractivity contribution in [1.29, 1.82) is 0 Å². The third-order valence-corrected chi connectivity index (χ3v) is 5.82. The lowest BCUT2D eigenvalue weighted by molar-refractivity contribution is -0.126. The second kappa shape index (κ2) is 4.72. The molecule has 1 amide bonds. The highest BCUT2D eigenvalue weighted by Gasteiger charge is 2.52. The molecule has 0 saturated heterocycles. The maximum absolute atomic E-state index is 12.6. The van der Waals surface area contributed by atoms with Gasteiger partial charge in [-0.05, 0) is 62.1 Å². The summed E-state index contributed by atoms with van der Waals surface area (Å²) in [5.74, 6) is 0.832. The number of hydrogen-bond donors (Lipinski definition) is 2. The summed E-state index contributed by atoms with van der Waals surface area (Å²) in [5, 5.41) is 3.21. The van der Waals surface area contributed by atoms with Crippen molar-refractivity contribution in [1.82, 2.24) is 5.32 Å². The number of benzene rings is 1. The topological polar surface area (TPSA) is 64.4 Å². The van der Waals surface area contributed by atoms with Crippen LogP contribution in [0, 0.1) is 19.3 Å². The van der Waals surface area contributed by atoms with Gasteiger partial charge in [-0.1, -0.05) is 6.07 Å². The van der Waals surface area contributed by atoms with E-state index in [1.807, 2.05) is 6.07 Å². The van der Waals surface area contributed by atoms with Crippen LogP contribution in [0.5, 0.6) is 5.75 Å². The summed E-state index contributed by atoms with van der Waals surface area (Å²) >= 11 is 0. The van der Waals surface area contributed by atoms with Crippen LogP contribution in [0.1, 0.15) is 48.3 Å². The van der Waals surface area contributed by atoms with Crippen molar-refractivity contribution in [3.8, 4) is 5.75 Å². The van der Waals surface area contributed by atoms with Gasteiger partial charge >= 0.3 is 0 Å². The van der Waals surface area contributed by atoms with E-state index < -0.39 is 0 Å². The molecule has 1 spiro atoms. The smallest absolute Gasteiger partial charge is 0.231 e. The molecular formula is C18H24N2O2. The Bertz CT molecular complexity index is 626. The second-order valence-corrected chi connectivity index (χ2v) is 7.62. The molecule has 4 rings (SSSR count). The fourth-order valence-electron chi connectivity index (χ4n) is 4.46. The molecule has 1 aliphatic heterocycles. The first kappa shape index (κ1) is 14.1. The highest BCUT2D eigenvalue weighted by atomic mass is 16.5. The molecular weight excluding hydrogens is 276 g/mol. The fraction of sp³-hybridized carbons (Fsp3) is 0.611. The summed E-state index contributed by atoms with van der Waals surface area (Å²) in [6.07, 6.45) is 4.46. The van der Waals surface area contributed by atoms with E-state index in [1.165, 1.54) is 11.1 Å². The van der Waals surface area contributed by atoms with E-state index >= 15 is 0 Å². The predicted octanol–water partition coefficient (Wildman–Crippen LogP) is 2.17. The Kier molecular flexibility index (Phi) is 3.02. The Morgan fingerprint density at radius 2 is 1.91 bits per heavy atom. The SMILES string of the molecule is Cc1cc2c(cc1C)[C@H](C(=O)NC1CC3(CC(N)C3)C1)CO2. The van der Waals surface area contributed by atoms with Crippen LogP contribution in [-0.2, 0) is 4.79 Å². The van der Waals surface area contributed by atoms with Crippen molar-refractivity contribution in [2.75, 3.05) is 6.61 Å². The zero-order chi connectivity index (χ0) is 15.5. The van der Waals surface area contributed by atoms with Crippen molar-refractivity contribution < 1.29 is 9.53 Å². The molecule has 0 unspecified atom stereocenters. The number of carbonyl (C=O) groups excluding carboxylic acids is 1. The van der Waals surface area contributed by atoms with Crippen molar-refractivity contribution in [3.63, 3.8) is 0 Å². The minimum Gasteiger partial charge on any atom is -0.492 e.